The van der Waals surface area contributed by atoms with Crippen molar-refractivity contribution in [2.75, 3.05) is 23.7 Å². The number of carbonyl (C=O) groups is 2. The van der Waals surface area contributed by atoms with Gasteiger partial charge in [0.05, 0.1) is 5.69 Å². The fourth-order valence-electron chi connectivity index (χ4n) is 3.35. The number of likely N-dealkylation sites (tertiary alicyclic amines) is 1. The van der Waals surface area contributed by atoms with E-state index >= 15 is 0 Å². The molecule has 0 aliphatic carbocycles. The van der Waals surface area contributed by atoms with Crippen LogP contribution in [-0.2, 0) is 4.79 Å². The van der Waals surface area contributed by atoms with E-state index in [1.54, 1.807) is 23.1 Å². The molecule has 1 aliphatic heterocycles. The minimum Gasteiger partial charge on any atom is -0.325 e. The highest BCUT2D eigenvalue weighted by molar-refractivity contribution is 5.92. The fraction of sp³-hybridized carbons (Fsp3) is 0.333. The Labute approximate surface area is 158 Å². The summed E-state index contributed by atoms with van der Waals surface area (Å²) >= 11 is 0. The fourth-order valence-corrected chi connectivity index (χ4v) is 3.35. The van der Waals surface area contributed by atoms with Gasteiger partial charge in [-0.3, -0.25) is 4.79 Å². The normalized spacial score (nSPS) is 15.9. The number of urea groups is 1. The van der Waals surface area contributed by atoms with Crippen LogP contribution in [0.15, 0.2) is 54.6 Å². The number of amides is 3. The van der Waals surface area contributed by atoms with Gasteiger partial charge in [0.2, 0.25) is 5.91 Å². The molecule has 2 aromatic carbocycles. The Hall–Kier alpha value is -2.89. The largest absolute Gasteiger partial charge is 0.325 e. The molecule has 5 nitrogen and oxygen atoms in total. The van der Waals surface area contributed by atoms with Crippen LogP contribution >= 0.6 is 0 Å². The third kappa shape index (κ3) is 4.84. The van der Waals surface area contributed by atoms with Gasteiger partial charge < -0.3 is 15.5 Å². The predicted octanol–water partition coefficient (Wildman–Crippen LogP) is 4.34. The minimum absolute atomic E-state index is 0.122. The van der Waals surface area contributed by atoms with Crippen LogP contribution in [0.4, 0.5) is 20.6 Å². The lowest BCUT2D eigenvalue weighted by molar-refractivity contribution is -0.121. The summed E-state index contributed by atoms with van der Waals surface area (Å²) in [6, 6.07) is 15.4. The number of hydrogen-bond acceptors (Lipinski definition) is 2. The number of piperidine rings is 1. The first kappa shape index (κ1) is 18.9. The van der Waals surface area contributed by atoms with Gasteiger partial charge in [-0.1, -0.05) is 37.3 Å². The number of nitrogens with one attached hydrogen (secondary N) is 2. The zero-order chi connectivity index (χ0) is 19.2. The topological polar surface area (TPSA) is 61.4 Å². The molecule has 1 fully saturated rings. The highest BCUT2D eigenvalue weighted by Crippen LogP contribution is 2.27. The maximum absolute atomic E-state index is 13.7. The van der Waals surface area contributed by atoms with E-state index in [9.17, 15) is 14.0 Å². The molecular formula is C21H24FN3O2. The number of halogens is 1. The highest BCUT2D eigenvalue weighted by atomic mass is 19.1. The first-order valence-electron chi connectivity index (χ1n) is 9.21. The molecule has 0 radical (unpaired) electrons. The zero-order valence-corrected chi connectivity index (χ0v) is 15.3. The Balaban J connectivity index is 1.50. The van der Waals surface area contributed by atoms with Crippen LogP contribution in [0.1, 0.15) is 19.8 Å². The van der Waals surface area contributed by atoms with Crippen molar-refractivity contribution in [3.05, 3.63) is 60.4 Å². The van der Waals surface area contributed by atoms with Crippen LogP contribution in [0.5, 0.6) is 0 Å². The molecule has 0 bridgehead atoms. The Morgan fingerprint density at radius 2 is 1.63 bits per heavy atom. The molecule has 142 valence electrons. The van der Waals surface area contributed by atoms with Crippen LogP contribution in [0.3, 0.4) is 0 Å². The predicted molar refractivity (Wildman–Crippen MR) is 104 cm³/mol. The summed E-state index contributed by atoms with van der Waals surface area (Å²) in [5, 5.41) is 5.55. The van der Waals surface area contributed by atoms with Crippen molar-refractivity contribution < 1.29 is 14.0 Å². The average molecular weight is 369 g/mol. The summed E-state index contributed by atoms with van der Waals surface area (Å²) in [5.41, 5.74) is 0.969. The van der Waals surface area contributed by atoms with Gasteiger partial charge in [0.25, 0.3) is 0 Å². The first-order chi connectivity index (χ1) is 13.0. The van der Waals surface area contributed by atoms with Crippen molar-refractivity contribution in [3.8, 4) is 0 Å². The van der Waals surface area contributed by atoms with Gasteiger partial charge in [0.1, 0.15) is 5.82 Å². The SMILES string of the molecule is C[C@@H](C(=O)Nc1ccccc1F)C1CCN(C(=O)Nc2ccccc2)CC1. The van der Waals surface area contributed by atoms with E-state index in [4.69, 9.17) is 0 Å². The van der Waals surface area contributed by atoms with Crippen molar-refractivity contribution in [2.24, 2.45) is 11.8 Å². The third-order valence-electron chi connectivity index (χ3n) is 5.10. The lowest BCUT2D eigenvalue weighted by Gasteiger charge is -2.34. The molecule has 3 amide bonds. The molecule has 6 heteroatoms. The summed E-state index contributed by atoms with van der Waals surface area (Å²) in [6.07, 6.45) is 1.49. The number of carbonyl (C=O) groups excluding carboxylic acids is 2. The Morgan fingerprint density at radius 1 is 1.00 bits per heavy atom. The van der Waals surface area contributed by atoms with E-state index in [-0.39, 0.29) is 29.5 Å². The standard InChI is InChI=1S/C21H24FN3O2/c1-15(20(26)24-19-10-6-5-9-18(19)22)16-11-13-25(14-12-16)21(27)23-17-7-3-2-4-8-17/h2-10,15-16H,11-14H2,1H3,(H,23,27)(H,24,26)/t15-/m1/s1. The third-order valence-corrected chi connectivity index (χ3v) is 5.10. The quantitative estimate of drug-likeness (QED) is 0.842. The molecule has 3 rings (SSSR count). The molecule has 2 aromatic rings. The number of hydrogen-bond donors (Lipinski definition) is 2. The van der Waals surface area contributed by atoms with E-state index in [2.05, 4.69) is 10.6 Å². The van der Waals surface area contributed by atoms with Gasteiger partial charge in [-0.05, 0) is 43.0 Å². The second-order valence-electron chi connectivity index (χ2n) is 6.88. The molecule has 1 atom stereocenters. The van der Waals surface area contributed by atoms with Gasteiger partial charge in [-0.25, -0.2) is 9.18 Å². The lowest BCUT2D eigenvalue weighted by atomic mass is 9.85. The average Bonchev–Trinajstić information content (AvgIpc) is 2.70. The maximum atomic E-state index is 13.7. The second-order valence-corrected chi connectivity index (χ2v) is 6.88. The van der Waals surface area contributed by atoms with Crippen LogP contribution in [-0.4, -0.2) is 29.9 Å². The monoisotopic (exact) mass is 369 g/mol. The summed E-state index contributed by atoms with van der Waals surface area (Å²) in [4.78, 5) is 26.6. The van der Waals surface area contributed by atoms with Gasteiger partial charge >= 0.3 is 6.03 Å². The summed E-state index contributed by atoms with van der Waals surface area (Å²) in [5.74, 6) is -0.709. The van der Waals surface area contributed by atoms with Crippen molar-refractivity contribution in [3.63, 3.8) is 0 Å². The van der Waals surface area contributed by atoms with Crippen molar-refractivity contribution in [2.45, 2.75) is 19.8 Å². The number of anilines is 2. The van der Waals surface area contributed by atoms with E-state index in [1.165, 1.54) is 6.07 Å². The molecule has 2 N–H and O–H groups in total. The van der Waals surface area contributed by atoms with Crippen LogP contribution in [0, 0.1) is 17.7 Å². The highest BCUT2D eigenvalue weighted by Gasteiger charge is 2.30. The maximum Gasteiger partial charge on any atom is 0.321 e. The Kier molecular flexibility index (Phi) is 6.06. The van der Waals surface area contributed by atoms with E-state index in [0.29, 0.717) is 13.1 Å². The van der Waals surface area contributed by atoms with Gasteiger partial charge in [0.15, 0.2) is 0 Å². The van der Waals surface area contributed by atoms with Crippen molar-refractivity contribution >= 4 is 23.3 Å². The number of rotatable bonds is 4. The Morgan fingerprint density at radius 3 is 2.30 bits per heavy atom. The van der Waals surface area contributed by atoms with Gasteiger partial charge in [0, 0.05) is 24.7 Å². The van der Waals surface area contributed by atoms with E-state index in [1.807, 2.05) is 37.3 Å². The molecule has 27 heavy (non-hydrogen) atoms. The summed E-state index contributed by atoms with van der Waals surface area (Å²) in [7, 11) is 0. The van der Waals surface area contributed by atoms with E-state index in [0.717, 1.165) is 18.5 Å². The molecule has 0 aromatic heterocycles. The minimum atomic E-state index is -0.439. The summed E-state index contributed by atoms with van der Waals surface area (Å²) in [6.45, 7) is 3.06. The molecule has 1 aliphatic rings. The van der Waals surface area contributed by atoms with Crippen LogP contribution in [0.2, 0.25) is 0 Å². The lowest BCUT2D eigenvalue weighted by Crippen LogP contribution is -2.43. The first-order valence-corrected chi connectivity index (χ1v) is 9.21. The van der Waals surface area contributed by atoms with Gasteiger partial charge in [-0.2, -0.15) is 0 Å². The van der Waals surface area contributed by atoms with E-state index < -0.39 is 5.82 Å². The number of benzene rings is 2. The number of nitrogens with zero attached hydrogens (tertiary/aromatic N) is 1. The van der Waals surface area contributed by atoms with Gasteiger partial charge in [-0.15, -0.1) is 0 Å². The second kappa shape index (κ2) is 8.66. The van der Waals surface area contributed by atoms with Crippen molar-refractivity contribution in [1.29, 1.82) is 0 Å². The zero-order valence-electron chi connectivity index (χ0n) is 15.3. The van der Waals surface area contributed by atoms with Crippen LogP contribution < -0.4 is 10.6 Å². The molecule has 0 spiro atoms. The molecule has 1 saturated heterocycles. The van der Waals surface area contributed by atoms with Crippen LogP contribution in [0.25, 0.3) is 0 Å². The Bertz CT molecular complexity index is 789. The number of para-hydroxylation sites is 2. The van der Waals surface area contributed by atoms with Crippen molar-refractivity contribution in [1.82, 2.24) is 4.90 Å². The molecular weight excluding hydrogens is 345 g/mol. The molecule has 0 unspecified atom stereocenters. The molecule has 1 heterocycles. The smallest absolute Gasteiger partial charge is 0.321 e. The summed E-state index contributed by atoms with van der Waals surface area (Å²) < 4.78 is 13.7. The molecule has 0 saturated carbocycles.